The van der Waals surface area contributed by atoms with E-state index in [0.29, 0.717) is 23.7 Å². The number of carbonyl (C=O) groups excluding carboxylic acids is 2. The van der Waals surface area contributed by atoms with Gasteiger partial charge in [0.05, 0.1) is 0 Å². The lowest BCUT2D eigenvalue weighted by Crippen LogP contribution is -2.25. The molecule has 1 aliphatic rings. The molecule has 2 amide bonds. The van der Waals surface area contributed by atoms with Crippen molar-refractivity contribution in [1.82, 2.24) is 10.2 Å². The van der Waals surface area contributed by atoms with Crippen molar-refractivity contribution in [2.24, 2.45) is 0 Å². The Morgan fingerprint density at radius 1 is 1.17 bits per heavy atom. The summed E-state index contributed by atoms with van der Waals surface area (Å²) in [6, 6.07) is 15.4. The first-order valence-corrected chi connectivity index (χ1v) is 10.5. The highest BCUT2D eigenvalue weighted by atomic mass is 32.1. The summed E-state index contributed by atoms with van der Waals surface area (Å²) in [5.41, 5.74) is 3.65. The molecule has 6 nitrogen and oxygen atoms in total. The van der Waals surface area contributed by atoms with E-state index in [1.807, 2.05) is 48.2 Å². The number of hydrogen-bond donors (Lipinski definition) is 1. The Morgan fingerprint density at radius 2 is 1.93 bits per heavy atom. The Bertz CT molecular complexity index is 1060. The summed E-state index contributed by atoms with van der Waals surface area (Å²) in [5, 5.41) is 12.4. The van der Waals surface area contributed by atoms with E-state index in [9.17, 15) is 9.59 Å². The highest BCUT2D eigenvalue weighted by molar-refractivity contribution is 7.15. The van der Waals surface area contributed by atoms with Crippen LogP contribution >= 0.6 is 11.3 Å². The Morgan fingerprint density at radius 3 is 2.72 bits per heavy atom. The second-order valence-corrected chi connectivity index (χ2v) is 8.11. The normalized spacial score (nSPS) is 16.3. The molecule has 29 heavy (non-hydrogen) atoms. The predicted molar refractivity (Wildman–Crippen MR) is 115 cm³/mol. The van der Waals surface area contributed by atoms with Crippen LogP contribution in [-0.4, -0.2) is 28.6 Å². The van der Waals surface area contributed by atoms with Crippen molar-refractivity contribution in [3.05, 3.63) is 70.2 Å². The molecule has 4 rings (SSSR count). The number of anilines is 2. The summed E-state index contributed by atoms with van der Waals surface area (Å²) in [5.74, 6) is -0.127. The summed E-state index contributed by atoms with van der Waals surface area (Å²) < 4.78 is 0. The topological polar surface area (TPSA) is 75.2 Å². The molecule has 7 heteroatoms. The molecule has 0 spiro atoms. The van der Waals surface area contributed by atoms with E-state index in [-0.39, 0.29) is 17.7 Å². The van der Waals surface area contributed by atoms with Crippen LogP contribution in [0.3, 0.4) is 0 Å². The maximum Gasteiger partial charge on any atom is 0.257 e. The quantitative estimate of drug-likeness (QED) is 0.690. The highest BCUT2D eigenvalue weighted by Gasteiger charge is 2.34. The molecule has 3 aromatic rings. The molecule has 1 N–H and O–H groups in total. The Hall–Kier alpha value is -3.06. The van der Waals surface area contributed by atoms with Crippen LogP contribution in [0, 0.1) is 6.92 Å². The lowest BCUT2D eigenvalue weighted by molar-refractivity contribution is -0.117. The van der Waals surface area contributed by atoms with Gasteiger partial charge in [-0.3, -0.25) is 14.9 Å². The fraction of sp³-hybridized carbons (Fsp3) is 0.273. The molecular weight excluding hydrogens is 384 g/mol. The van der Waals surface area contributed by atoms with Gasteiger partial charge in [0, 0.05) is 30.1 Å². The number of carbonyl (C=O) groups is 2. The van der Waals surface area contributed by atoms with Crippen molar-refractivity contribution in [3.63, 3.8) is 0 Å². The summed E-state index contributed by atoms with van der Waals surface area (Å²) in [6.45, 7) is 4.56. The van der Waals surface area contributed by atoms with Crippen molar-refractivity contribution < 1.29 is 9.59 Å². The van der Waals surface area contributed by atoms with Gasteiger partial charge in [-0.15, -0.1) is 10.2 Å². The number of nitrogens with one attached hydrogen (secondary N) is 1. The third kappa shape index (κ3) is 3.91. The standard InChI is InChI=1S/C22H22N4O2S/c1-3-15-9-5-7-11-18(15)26-13-16(12-19(26)27)21-24-25-22(29-21)23-20(28)17-10-6-4-8-14(17)2/h4-11,16H,3,12-13H2,1-2H3,(H,23,25,28)/t16-/m0/s1. The van der Waals surface area contributed by atoms with Crippen molar-refractivity contribution >= 4 is 34.0 Å². The van der Waals surface area contributed by atoms with E-state index in [1.54, 1.807) is 6.07 Å². The molecule has 1 atom stereocenters. The van der Waals surface area contributed by atoms with Crippen LogP contribution in [0.5, 0.6) is 0 Å². The van der Waals surface area contributed by atoms with E-state index in [2.05, 4.69) is 28.5 Å². The zero-order valence-electron chi connectivity index (χ0n) is 16.4. The molecule has 0 radical (unpaired) electrons. The van der Waals surface area contributed by atoms with E-state index in [0.717, 1.165) is 28.2 Å². The number of benzene rings is 2. The van der Waals surface area contributed by atoms with E-state index in [4.69, 9.17) is 0 Å². The average Bonchev–Trinajstić information content (AvgIpc) is 3.34. The Balaban J connectivity index is 1.48. The lowest BCUT2D eigenvalue weighted by Gasteiger charge is -2.19. The minimum absolute atomic E-state index is 0.0194. The van der Waals surface area contributed by atoms with Crippen LogP contribution in [0.4, 0.5) is 10.8 Å². The zero-order chi connectivity index (χ0) is 20.4. The van der Waals surface area contributed by atoms with Crippen LogP contribution < -0.4 is 10.2 Å². The second-order valence-electron chi connectivity index (χ2n) is 7.10. The third-order valence-electron chi connectivity index (χ3n) is 5.19. The molecule has 1 saturated heterocycles. The molecule has 0 unspecified atom stereocenters. The molecule has 2 heterocycles. The van der Waals surface area contributed by atoms with Gasteiger partial charge in [0.1, 0.15) is 5.01 Å². The monoisotopic (exact) mass is 406 g/mol. The fourth-order valence-electron chi connectivity index (χ4n) is 3.62. The largest absolute Gasteiger partial charge is 0.311 e. The van der Waals surface area contributed by atoms with Crippen LogP contribution in [0.25, 0.3) is 0 Å². The van der Waals surface area contributed by atoms with Gasteiger partial charge in [0.2, 0.25) is 11.0 Å². The molecule has 2 aromatic carbocycles. The summed E-state index contributed by atoms with van der Waals surface area (Å²) in [7, 11) is 0. The summed E-state index contributed by atoms with van der Waals surface area (Å²) in [6.07, 6.45) is 1.27. The predicted octanol–water partition coefficient (Wildman–Crippen LogP) is 4.18. The van der Waals surface area contributed by atoms with Crippen LogP contribution in [0.1, 0.15) is 45.8 Å². The van der Waals surface area contributed by atoms with Gasteiger partial charge in [-0.2, -0.15) is 0 Å². The molecule has 0 saturated carbocycles. The number of hydrogen-bond acceptors (Lipinski definition) is 5. The Labute approximate surface area is 173 Å². The third-order valence-corrected chi connectivity index (χ3v) is 6.19. The molecule has 1 aromatic heterocycles. The summed E-state index contributed by atoms with van der Waals surface area (Å²) >= 11 is 1.34. The first-order valence-electron chi connectivity index (χ1n) is 9.65. The number of nitrogens with zero attached hydrogens (tertiary/aromatic N) is 3. The van der Waals surface area contributed by atoms with Gasteiger partial charge in [0.15, 0.2) is 0 Å². The van der Waals surface area contributed by atoms with Crippen molar-refractivity contribution in [3.8, 4) is 0 Å². The van der Waals surface area contributed by atoms with Gasteiger partial charge in [-0.1, -0.05) is 54.7 Å². The summed E-state index contributed by atoms with van der Waals surface area (Å²) in [4.78, 5) is 27.0. The second kappa shape index (κ2) is 8.13. The fourth-order valence-corrected chi connectivity index (χ4v) is 4.45. The van der Waals surface area contributed by atoms with E-state index >= 15 is 0 Å². The molecule has 0 bridgehead atoms. The average molecular weight is 407 g/mol. The smallest absolute Gasteiger partial charge is 0.257 e. The maximum absolute atomic E-state index is 12.6. The molecule has 148 valence electrons. The first-order chi connectivity index (χ1) is 14.1. The van der Waals surface area contributed by atoms with Crippen LogP contribution in [-0.2, 0) is 11.2 Å². The van der Waals surface area contributed by atoms with Crippen LogP contribution in [0.2, 0.25) is 0 Å². The van der Waals surface area contributed by atoms with Crippen molar-refractivity contribution in [2.75, 3.05) is 16.8 Å². The molecule has 1 aliphatic heterocycles. The SMILES string of the molecule is CCc1ccccc1N1C[C@@H](c2nnc(NC(=O)c3ccccc3C)s2)CC1=O. The number of amides is 2. The first kappa shape index (κ1) is 19.3. The number of aromatic nitrogens is 2. The molecular formula is C22H22N4O2S. The maximum atomic E-state index is 12.6. The van der Waals surface area contributed by atoms with Crippen molar-refractivity contribution in [2.45, 2.75) is 32.6 Å². The van der Waals surface area contributed by atoms with Crippen LogP contribution in [0.15, 0.2) is 48.5 Å². The Kier molecular flexibility index (Phi) is 5.40. The number of aryl methyl sites for hydroxylation is 2. The van der Waals surface area contributed by atoms with Crippen molar-refractivity contribution in [1.29, 1.82) is 0 Å². The molecule has 0 aliphatic carbocycles. The highest BCUT2D eigenvalue weighted by Crippen LogP contribution is 2.35. The van der Waals surface area contributed by atoms with E-state index < -0.39 is 0 Å². The van der Waals surface area contributed by atoms with Gasteiger partial charge in [0.25, 0.3) is 5.91 Å². The van der Waals surface area contributed by atoms with E-state index in [1.165, 1.54) is 11.3 Å². The number of para-hydroxylation sites is 1. The van der Waals surface area contributed by atoms with Gasteiger partial charge >= 0.3 is 0 Å². The molecule has 1 fully saturated rings. The van der Waals surface area contributed by atoms with Gasteiger partial charge < -0.3 is 4.90 Å². The minimum atomic E-state index is -0.202. The van der Waals surface area contributed by atoms with Gasteiger partial charge in [-0.25, -0.2) is 0 Å². The number of rotatable bonds is 5. The zero-order valence-corrected chi connectivity index (χ0v) is 17.2. The lowest BCUT2D eigenvalue weighted by atomic mass is 10.1. The van der Waals surface area contributed by atoms with Gasteiger partial charge in [-0.05, 0) is 36.6 Å². The minimum Gasteiger partial charge on any atom is -0.311 e.